The molecule has 0 bridgehead atoms. The number of Topliss-reactive ketones (excluding diaryl/α,β-unsaturated/α-hetero) is 3. The second kappa shape index (κ2) is 8.73. The SMILES string of the molecule is CC(C)(F)C(=O)COP(=O)(OCC(=O)C(C)(C)F)OCC(=O)C(C)(C)F. The Morgan fingerprint density at radius 1 is 0.654 bits per heavy atom. The maximum absolute atomic E-state index is 13.5. The maximum atomic E-state index is 13.5. The van der Waals surface area contributed by atoms with E-state index in [1.807, 2.05) is 0 Å². The number of phosphoric acid groups is 1. The first kappa shape index (κ1) is 24.9. The third-order valence-electron chi connectivity index (χ3n) is 3.05. The number of hydrogen-bond acceptors (Lipinski definition) is 7. The van der Waals surface area contributed by atoms with E-state index in [2.05, 4.69) is 13.6 Å². The van der Waals surface area contributed by atoms with E-state index in [1.165, 1.54) is 0 Å². The summed E-state index contributed by atoms with van der Waals surface area (Å²) in [6.45, 7) is 2.35. The summed E-state index contributed by atoms with van der Waals surface area (Å²) < 4.78 is 66.7. The summed E-state index contributed by atoms with van der Waals surface area (Å²) in [5, 5.41) is 0. The van der Waals surface area contributed by atoms with Crippen molar-refractivity contribution in [2.24, 2.45) is 0 Å². The molecule has 0 aromatic carbocycles. The smallest absolute Gasteiger partial charge is 0.293 e. The zero-order valence-electron chi connectivity index (χ0n) is 15.6. The molecule has 0 aliphatic rings. The van der Waals surface area contributed by atoms with Crippen molar-refractivity contribution in [2.45, 2.75) is 58.5 Å². The van der Waals surface area contributed by atoms with Gasteiger partial charge in [0.05, 0.1) is 0 Å². The summed E-state index contributed by atoms with van der Waals surface area (Å²) in [6, 6.07) is 0. The average molecular weight is 404 g/mol. The first-order valence-electron chi connectivity index (χ1n) is 7.59. The lowest BCUT2D eigenvalue weighted by Crippen LogP contribution is -2.32. The van der Waals surface area contributed by atoms with Crippen molar-refractivity contribution in [3.05, 3.63) is 0 Å². The van der Waals surface area contributed by atoms with Crippen LogP contribution in [-0.4, -0.2) is 54.2 Å². The lowest BCUT2D eigenvalue weighted by Gasteiger charge is -2.21. The molecule has 0 fully saturated rings. The van der Waals surface area contributed by atoms with Gasteiger partial charge in [-0.3, -0.25) is 28.0 Å². The molecule has 0 heterocycles. The number of ketones is 3. The summed E-state index contributed by atoms with van der Waals surface area (Å²) in [4.78, 5) is 34.6. The fourth-order valence-corrected chi connectivity index (χ4v) is 2.09. The van der Waals surface area contributed by atoms with Crippen LogP contribution in [0.4, 0.5) is 13.2 Å². The van der Waals surface area contributed by atoms with Crippen LogP contribution < -0.4 is 0 Å². The molecule has 26 heavy (non-hydrogen) atoms. The minimum absolute atomic E-state index is 0.926. The van der Waals surface area contributed by atoms with Crippen molar-refractivity contribution >= 4 is 25.2 Å². The average Bonchev–Trinajstić information content (AvgIpc) is 2.45. The Kier molecular flexibility index (Phi) is 8.37. The summed E-state index contributed by atoms with van der Waals surface area (Å²) in [6.07, 6.45) is 0. The van der Waals surface area contributed by atoms with Crippen molar-refractivity contribution in [3.8, 4) is 0 Å². The van der Waals surface area contributed by atoms with Crippen LogP contribution in [-0.2, 0) is 32.5 Å². The molecule has 0 atom stereocenters. The van der Waals surface area contributed by atoms with Gasteiger partial charge in [0.15, 0.2) is 34.4 Å². The van der Waals surface area contributed by atoms with Gasteiger partial charge in [0.25, 0.3) is 0 Å². The zero-order valence-corrected chi connectivity index (χ0v) is 16.5. The topological polar surface area (TPSA) is 96.0 Å². The molecule has 0 saturated carbocycles. The summed E-state index contributed by atoms with van der Waals surface area (Å²) >= 11 is 0. The lowest BCUT2D eigenvalue weighted by molar-refractivity contribution is -0.133. The van der Waals surface area contributed by atoms with E-state index in [0.717, 1.165) is 41.5 Å². The molecule has 152 valence electrons. The van der Waals surface area contributed by atoms with Gasteiger partial charge in [0, 0.05) is 0 Å². The molecule has 0 N–H and O–H groups in total. The van der Waals surface area contributed by atoms with Crippen LogP contribution in [0.1, 0.15) is 41.5 Å². The van der Waals surface area contributed by atoms with Crippen LogP contribution >= 0.6 is 7.82 Å². The highest BCUT2D eigenvalue weighted by atomic mass is 31.2. The van der Waals surface area contributed by atoms with Crippen molar-refractivity contribution in [3.63, 3.8) is 0 Å². The summed E-state index contributed by atoms with van der Waals surface area (Å²) in [7, 11) is -4.75. The van der Waals surface area contributed by atoms with Crippen LogP contribution in [0.25, 0.3) is 0 Å². The number of rotatable bonds is 12. The van der Waals surface area contributed by atoms with Crippen molar-refractivity contribution in [1.29, 1.82) is 0 Å². The van der Waals surface area contributed by atoms with Crippen LogP contribution in [0.2, 0.25) is 0 Å². The second-order valence-electron chi connectivity index (χ2n) is 6.95. The number of hydrogen-bond donors (Lipinski definition) is 0. The van der Waals surface area contributed by atoms with E-state index in [4.69, 9.17) is 0 Å². The number of halogens is 3. The van der Waals surface area contributed by atoms with Crippen LogP contribution in [0, 0.1) is 0 Å². The molecule has 0 aliphatic carbocycles. The Hall–Kier alpha value is -1.09. The lowest BCUT2D eigenvalue weighted by atomic mass is 10.1. The minimum atomic E-state index is -4.75. The van der Waals surface area contributed by atoms with Gasteiger partial charge in [0.2, 0.25) is 0 Å². The van der Waals surface area contributed by atoms with Gasteiger partial charge >= 0.3 is 7.82 Å². The minimum Gasteiger partial charge on any atom is -0.293 e. The molecule has 0 saturated heterocycles. The normalized spacial score (nSPS) is 13.6. The Morgan fingerprint density at radius 3 is 1.00 bits per heavy atom. The number of carbonyl (C=O) groups is 3. The number of carbonyl (C=O) groups excluding carboxylic acids is 3. The molecule has 0 rings (SSSR count). The molecule has 0 aromatic rings. The molecular weight excluding hydrogens is 380 g/mol. The highest BCUT2D eigenvalue weighted by molar-refractivity contribution is 7.48. The molecule has 11 heteroatoms. The quantitative estimate of drug-likeness (QED) is 0.461. The van der Waals surface area contributed by atoms with Gasteiger partial charge in [-0.15, -0.1) is 0 Å². The monoisotopic (exact) mass is 404 g/mol. The molecule has 7 nitrogen and oxygen atoms in total. The third kappa shape index (κ3) is 9.02. The number of alkyl halides is 3. The molecule has 0 spiro atoms. The van der Waals surface area contributed by atoms with Gasteiger partial charge < -0.3 is 0 Å². The van der Waals surface area contributed by atoms with Crippen LogP contribution in [0.15, 0.2) is 0 Å². The summed E-state index contributed by atoms with van der Waals surface area (Å²) in [5.41, 5.74) is -6.96. The first-order chi connectivity index (χ1) is 11.4. The van der Waals surface area contributed by atoms with E-state index >= 15 is 0 Å². The molecule has 0 amide bonds. The largest absolute Gasteiger partial charge is 0.476 e. The highest BCUT2D eigenvalue weighted by Crippen LogP contribution is 2.49. The predicted octanol–water partition coefficient (Wildman–Crippen LogP) is 3.10. The molecule has 0 aromatic heterocycles. The zero-order chi connectivity index (χ0) is 21.0. The second-order valence-corrected chi connectivity index (χ2v) is 8.62. The van der Waals surface area contributed by atoms with Crippen LogP contribution in [0.5, 0.6) is 0 Å². The Labute approximate surface area is 150 Å². The van der Waals surface area contributed by atoms with Crippen molar-refractivity contribution in [1.82, 2.24) is 0 Å². The van der Waals surface area contributed by atoms with Gasteiger partial charge in [-0.05, 0) is 41.5 Å². The van der Waals surface area contributed by atoms with Gasteiger partial charge in [0.1, 0.15) is 19.8 Å². The van der Waals surface area contributed by atoms with Gasteiger partial charge in [-0.1, -0.05) is 0 Å². The Morgan fingerprint density at radius 2 is 0.846 bits per heavy atom. The van der Waals surface area contributed by atoms with Crippen molar-refractivity contribution in [2.75, 3.05) is 19.8 Å². The van der Waals surface area contributed by atoms with Gasteiger partial charge in [-0.2, -0.15) is 0 Å². The van der Waals surface area contributed by atoms with E-state index in [0.29, 0.717) is 0 Å². The first-order valence-corrected chi connectivity index (χ1v) is 9.05. The Balaban J connectivity index is 5.13. The Bertz CT molecular complexity index is 505. The maximum Gasteiger partial charge on any atom is 0.476 e. The molecule has 0 unspecified atom stereocenters. The molecule has 0 radical (unpaired) electrons. The van der Waals surface area contributed by atoms with E-state index in [-0.39, 0.29) is 0 Å². The van der Waals surface area contributed by atoms with E-state index in [9.17, 15) is 32.1 Å². The summed E-state index contributed by atoms with van der Waals surface area (Å²) in [5.74, 6) is -3.38. The van der Waals surface area contributed by atoms with E-state index < -0.39 is 62.0 Å². The third-order valence-corrected chi connectivity index (χ3v) is 4.39. The number of phosphoric ester groups is 1. The molecular formula is C15H24F3O7P. The van der Waals surface area contributed by atoms with Crippen molar-refractivity contribution < 1.29 is 45.7 Å². The highest BCUT2D eigenvalue weighted by Gasteiger charge is 2.37. The predicted molar refractivity (Wildman–Crippen MR) is 86.0 cm³/mol. The van der Waals surface area contributed by atoms with Crippen LogP contribution in [0.3, 0.4) is 0 Å². The van der Waals surface area contributed by atoms with Gasteiger partial charge in [-0.25, -0.2) is 17.7 Å². The standard InChI is InChI=1S/C15H24F3O7P/c1-13(2,16)10(19)7-23-26(22,24-8-11(20)14(3,4)17)25-9-12(21)15(5,6)18/h7-9H2,1-6H3. The fourth-order valence-electron chi connectivity index (χ4n) is 1.04. The molecule has 0 aliphatic heterocycles. The van der Waals surface area contributed by atoms with E-state index in [1.54, 1.807) is 0 Å². The fraction of sp³-hybridized carbons (Fsp3) is 0.800.